The second kappa shape index (κ2) is 4.27. The van der Waals surface area contributed by atoms with E-state index >= 15 is 0 Å². The molecular formula is C8H15ClN2O3S. The first kappa shape index (κ1) is 12.7. The zero-order valence-corrected chi connectivity index (χ0v) is 10.1. The van der Waals surface area contributed by atoms with Crippen LogP contribution < -0.4 is 5.32 Å². The quantitative estimate of drug-likeness (QED) is 0.604. The number of rotatable bonds is 0. The lowest BCUT2D eigenvalue weighted by atomic mass is 10.1. The third kappa shape index (κ3) is 2.43. The predicted octanol–water partition coefficient (Wildman–Crippen LogP) is -0.974. The number of halogens is 1. The molecule has 2 heterocycles. The van der Waals surface area contributed by atoms with E-state index < -0.39 is 9.84 Å². The molecular weight excluding hydrogens is 240 g/mol. The van der Waals surface area contributed by atoms with E-state index in [1.165, 1.54) is 6.92 Å². The van der Waals surface area contributed by atoms with Crippen LogP contribution >= 0.6 is 12.4 Å². The molecule has 0 spiro atoms. The minimum atomic E-state index is -2.95. The van der Waals surface area contributed by atoms with E-state index in [0.717, 1.165) is 0 Å². The number of fused-ring (bicyclic) bond motifs is 1. The topological polar surface area (TPSA) is 66.5 Å². The number of nitrogens with one attached hydrogen (secondary N) is 1. The normalized spacial score (nSPS) is 33.0. The van der Waals surface area contributed by atoms with Crippen LogP contribution in [0.4, 0.5) is 0 Å². The van der Waals surface area contributed by atoms with E-state index in [1.807, 2.05) is 0 Å². The molecule has 2 saturated heterocycles. The van der Waals surface area contributed by atoms with Crippen LogP contribution in [0.25, 0.3) is 0 Å². The van der Waals surface area contributed by atoms with Gasteiger partial charge in [-0.15, -0.1) is 12.4 Å². The maximum atomic E-state index is 11.4. The summed E-state index contributed by atoms with van der Waals surface area (Å²) in [5.41, 5.74) is 0. The number of sulfone groups is 1. The molecule has 5 nitrogen and oxygen atoms in total. The molecule has 2 rings (SSSR count). The zero-order chi connectivity index (χ0) is 10.3. The van der Waals surface area contributed by atoms with Crippen molar-refractivity contribution in [2.45, 2.75) is 19.0 Å². The summed E-state index contributed by atoms with van der Waals surface area (Å²) in [5.74, 6) is 0.254. The van der Waals surface area contributed by atoms with Gasteiger partial charge >= 0.3 is 0 Å². The number of carbonyl (C=O) groups is 1. The summed E-state index contributed by atoms with van der Waals surface area (Å²) in [6.45, 7) is 2.80. The van der Waals surface area contributed by atoms with Crippen molar-refractivity contribution in [1.82, 2.24) is 10.2 Å². The number of carbonyl (C=O) groups excluding carboxylic acids is 1. The molecule has 2 fully saturated rings. The van der Waals surface area contributed by atoms with E-state index in [-0.39, 0.29) is 41.9 Å². The molecule has 0 unspecified atom stereocenters. The third-order valence-corrected chi connectivity index (χ3v) is 4.60. The Balaban J connectivity index is 0.00000112. The first-order chi connectivity index (χ1) is 6.49. The molecule has 7 heteroatoms. The van der Waals surface area contributed by atoms with Crippen LogP contribution in [0.1, 0.15) is 6.92 Å². The van der Waals surface area contributed by atoms with E-state index in [9.17, 15) is 13.2 Å². The molecule has 15 heavy (non-hydrogen) atoms. The van der Waals surface area contributed by atoms with Crippen LogP contribution in [0.2, 0.25) is 0 Å². The highest BCUT2D eigenvalue weighted by atomic mass is 35.5. The fourth-order valence-corrected chi connectivity index (χ4v) is 4.21. The summed E-state index contributed by atoms with van der Waals surface area (Å²) in [6, 6.07) is -0.205. The minimum absolute atomic E-state index is 0. The average Bonchev–Trinajstić information content (AvgIpc) is 2.36. The van der Waals surface area contributed by atoms with E-state index in [4.69, 9.17) is 0 Å². The highest BCUT2D eigenvalue weighted by molar-refractivity contribution is 7.91. The molecule has 1 amide bonds. The summed E-state index contributed by atoms with van der Waals surface area (Å²) in [6.07, 6.45) is 0. The summed E-state index contributed by atoms with van der Waals surface area (Å²) < 4.78 is 22.8. The van der Waals surface area contributed by atoms with Gasteiger partial charge in [-0.05, 0) is 0 Å². The Morgan fingerprint density at radius 2 is 2.07 bits per heavy atom. The van der Waals surface area contributed by atoms with Gasteiger partial charge in [0, 0.05) is 26.1 Å². The molecule has 0 saturated carbocycles. The lowest BCUT2D eigenvalue weighted by molar-refractivity contribution is -0.132. The fraction of sp³-hybridized carbons (Fsp3) is 0.875. The van der Waals surface area contributed by atoms with Crippen LogP contribution in [-0.4, -0.2) is 55.9 Å². The van der Waals surface area contributed by atoms with Gasteiger partial charge < -0.3 is 10.2 Å². The monoisotopic (exact) mass is 254 g/mol. The molecule has 0 aromatic carbocycles. The standard InChI is InChI=1S/C8H14N2O3S.ClH/c1-6(11)10-3-2-9-7-4-14(12,13)5-8(7)10;/h7-9H,2-5H2,1H3;1H/t7-,8+;/m0./s1. The molecule has 0 aliphatic carbocycles. The van der Waals surface area contributed by atoms with Crippen molar-refractivity contribution in [3.05, 3.63) is 0 Å². The average molecular weight is 255 g/mol. The van der Waals surface area contributed by atoms with Gasteiger partial charge in [0.25, 0.3) is 0 Å². The molecule has 0 bridgehead atoms. The zero-order valence-electron chi connectivity index (χ0n) is 8.47. The second-order valence-electron chi connectivity index (χ2n) is 3.92. The van der Waals surface area contributed by atoms with Gasteiger partial charge in [0.15, 0.2) is 9.84 Å². The lowest BCUT2D eigenvalue weighted by Gasteiger charge is -2.36. The first-order valence-electron chi connectivity index (χ1n) is 4.70. The molecule has 2 aliphatic heterocycles. The Morgan fingerprint density at radius 3 is 2.67 bits per heavy atom. The Hall–Kier alpha value is -0.330. The Morgan fingerprint density at radius 1 is 1.40 bits per heavy atom. The molecule has 0 aromatic heterocycles. The van der Waals surface area contributed by atoms with Crippen molar-refractivity contribution >= 4 is 28.2 Å². The second-order valence-corrected chi connectivity index (χ2v) is 6.07. The number of piperazine rings is 1. The van der Waals surface area contributed by atoms with Gasteiger partial charge in [-0.1, -0.05) is 0 Å². The Labute approximate surface area is 95.5 Å². The summed E-state index contributed by atoms with van der Waals surface area (Å²) >= 11 is 0. The fourth-order valence-electron chi connectivity index (χ4n) is 2.26. The van der Waals surface area contributed by atoms with Crippen molar-refractivity contribution < 1.29 is 13.2 Å². The molecule has 1 N–H and O–H groups in total. The van der Waals surface area contributed by atoms with Gasteiger partial charge in [0.1, 0.15) is 0 Å². The highest BCUT2D eigenvalue weighted by Crippen LogP contribution is 2.21. The maximum Gasteiger partial charge on any atom is 0.219 e. The van der Waals surface area contributed by atoms with Crippen LogP contribution in [-0.2, 0) is 14.6 Å². The van der Waals surface area contributed by atoms with Crippen LogP contribution in [0, 0.1) is 0 Å². The Kier molecular flexibility index (Phi) is 3.63. The summed E-state index contributed by atoms with van der Waals surface area (Å²) in [4.78, 5) is 12.9. The molecule has 2 atom stereocenters. The number of nitrogens with zero attached hydrogens (tertiary/aromatic N) is 1. The van der Waals surface area contributed by atoms with Gasteiger partial charge in [0.05, 0.1) is 17.5 Å². The summed E-state index contributed by atoms with van der Waals surface area (Å²) in [5, 5.41) is 3.15. The van der Waals surface area contributed by atoms with Gasteiger partial charge in [-0.2, -0.15) is 0 Å². The van der Waals surface area contributed by atoms with Crippen molar-refractivity contribution in [1.29, 1.82) is 0 Å². The molecule has 0 aromatic rings. The van der Waals surface area contributed by atoms with Crippen molar-refractivity contribution in [2.24, 2.45) is 0 Å². The molecule has 2 aliphatic rings. The van der Waals surface area contributed by atoms with Gasteiger partial charge in [-0.25, -0.2) is 8.42 Å². The number of hydrogen-bond donors (Lipinski definition) is 1. The maximum absolute atomic E-state index is 11.4. The third-order valence-electron chi connectivity index (χ3n) is 2.89. The minimum Gasteiger partial charge on any atom is -0.336 e. The van der Waals surface area contributed by atoms with E-state index in [0.29, 0.717) is 13.1 Å². The predicted molar refractivity (Wildman–Crippen MR) is 58.9 cm³/mol. The van der Waals surface area contributed by atoms with E-state index in [1.54, 1.807) is 4.90 Å². The lowest BCUT2D eigenvalue weighted by Crippen LogP contribution is -2.58. The Bertz CT molecular complexity index is 357. The highest BCUT2D eigenvalue weighted by Gasteiger charge is 2.43. The van der Waals surface area contributed by atoms with Crippen molar-refractivity contribution in [3.8, 4) is 0 Å². The van der Waals surface area contributed by atoms with Crippen molar-refractivity contribution in [2.75, 3.05) is 24.6 Å². The first-order valence-corrected chi connectivity index (χ1v) is 6.53. The number of amides is 1. The van der Waals surface area contributed by atoms with Gasteiger partial charge in [-0.3, -0.25) is 4.79 Å². The van der Waals surface area contributed by atoms with Crippen LogP contribution in [0.5, 0.6) is 0 Å². The smallest absolute Gasteiger partial charge is 0.219 e. The SMILES string of the molecule is CC(=O)N1CCN[C@H]2CS(=O)(=O)C[C@H]21.Cl. The van der Waals surface area contributed by atoms with Crippen LogP contribution in [0.3, 0.4) is 0 Å². The van der Waals surface area contributed by atoms with Crippen molar-refractivity contribution in [3.63, 3.8) is 0 Å². The molecule has 88 valence electrons. The van der Waals surface area contributed by atoms with E-state index in [2.05, 4.69) is 5.32 Å². The summed E-state index contributed by atoms with van der Waals surface area (Å²) in [7, 11) is -2.95. The largest absolute Gasteiger partial charge is 0.336 e. The molecule has 0 radical (unpaired) electrons. The number of hydrogen-bond acceptors (Lipinski definition) is 4. The van der Waals surface area contributed by atoms with Gasteiger partial charge in [0.2, 0.25) is 5.91 Å². The van der Waals surface area contributed by atoms with Crippen LogP contribution in [0.15, 0.2) is 0 Å².